The summed E-state index contributed by atoms with van der Waals surface area (Å²) in [7, 11) is 0. The molecule has 43 heavy (non-hydrogen) atoms. The first kappa shape index (κ1) is 29.6. The molecule has 6 rings (SSSR count). The van der Waals surface area contributed by atoms with Gasteiger partial charge in [0.05, 0.1) is 11.8 Å². The number of phenols is 1. The van der Waals surface area contributed by atoms with Crippen LogP contribution in [0.5, 0.6) is 5.75 Å². The zero-order valence-electron chi connectivity index (χ0n) is 22.1. The van der Waals surface area contributed by atoms with Gasteiger partial charge in [-0.05, 0) is 42.9 Å². The molecular formula is C29H21Cl2F5N2O5. The van der Waals surface area contributed by atoms with E-state index in [0.717, 1.165) is 4.90 Å². The zero-order chi connectivity index (χ0) is 31.3. The normalized spacial score (nSPS) is 31.8. The molecule has 3 fully saturated rings. The number of fused-ring (bicyclic) bond motifs is 4. The number of alkyl halides is 2. The number of benzene rings is 2. The van der Waals surface area contributed by atoms with E-state index >= 15 is 0 Å². The number of carbonyl (C=O) groups excluding carboxylic acids is 4. The Kier molecular flexibility index (Phi) is 6.70. The van der Waals surface area contributed by atoms with E-state index in [1.165, 1.54) is 24.3 Å². The molecule has 1 saturated carbocycles. The van der Waals surface area contributed by atoms with Crippen molar-refractivity contribution >= 4 is 52.5 Å². The monoisotopic (exact) mass is 642 g/mol. The number of imide groups is 2. The van der Waals surface area contributed by atoms with Gasteiger partial charge in [0.2, 0.25) is 17.6 Å². The summed E-state index contributed by atoms with van der Waals surface area (Å²) in [6.07, 6.45) is 1.60. The Balaban J connectivity index is 1.58. The van der Waals surface area contributed by atoms with Crippen LogP contribution < -0.4 is 4.90 Å². The number of likely N-dealkylation sites (tertiary alicyclic amines) is 1. The molecule has 0 unspecified atom stereocenters. The number of carbonyl (C=O) groups is 4. The number of anilines is 1. The second-order valence-corrected chi connectivity index (χ2v) is 12.4. The van der Waals surface area contributed by atoms with Crippen LogP contribution in [-0.2, 0) is 19.2 Å². The zero-order valence-corrected chi connectivity index (χ0v) is 23.7. The molecule has 6 atom stereocenters. The van der Waals surface area contributed by atoms with Crippen molar-refractivity contribution in [1.82, 2.24) is 4.90 Å². The first-order valence-electron chi connectivity index (χ1n) is 13.3. The predicted octanol–water partition coefficient (Wildman–Crippen LogP) is 5.06. The van der Waals surface area contributed by atoms with E-state index in [1.807, 2.05) is 0 Å². The van der Waals surface area contributed by atoms with Crippen LogP contribution in [-0.4, -0.2) is 49.9 Å². The maximum Gasteiger partial charge on any atom is 0.258 e. The Morgan fingerprint density at radius 1 is 0.860 bits per heavy atom. The van der Waals surface area contributed by atoms with Crippen LogP contribution >= 0.6 is 23.2 Å². The minimum Gasteiger partial charge on any atom is -0.508 e. The van der Waals surface area contributed by atoms with Gasteiger partial charge in [0.1, 0.15) is 11.4 Å². The lowest BCUT2D eigenvalue weighted by Crippen LogP contribution is -2.60. The van der Waals surface area contributed by atoms with E-state index in [2.05, 4.69) is 0 Å². The standard InChI is InChI=1S/C29H21Cl2F5N2O5/c1-2-9-37-24(40)14-8-7-13-15(16(14)25(37)41)10-28(30)26(42)38(23-21(35)19(33)18(32)20(34)22(23)36)27(43)29(28,31)17(13)11-3-5-12(39)6-4-11/h3-7,14-17,39H,2,8-10H2,1H3/t14-,15+,16-,17-,28+,29-/m0/s1. The van der Waals surface area contributed by atoms with Gasteiger partial charge in [0, 0.05) is 12.5 Å². The molecular weight excluding hydrogens is 622 g/mol. The smallest absolute Gasteiger partial charge is 0.258 e. The quantitative estimate of drug-likeness (QED) is 0.126. The third kappa shape index (κ3) is 3.65. The SMILES string of the molecule is CCCN1C(=O)[C@H]2[C@H](CC=C3[C@H]2C[C@@]2(Cl)C(=O)N(c4c(F)c(F)c(F)c(F)c4F)C(=O)[C@@]2(Cl)[C@H]3c2ccc(O)cc2)C1=O. The Labute approximate surface area is 250 Å². The van der Waals surface area contributed by atoms with Gasteiger partial charge in [0.15, 0.2) is 33.0 Å². The number of aromatic hydroxyl groups is 1. The number of hydrogen-bond donors (Lipinski definition) is 1. The molecule has 7 nitrogen and oxygen atoms in total. The molecule has 1 N–H and O–H groups in total. The first-order valence-corrected chi connectivity index (χ1v) is 14.1. The van der Waals surface area contributed by atoms with Gasteiger partial charge in [-0.25, -0.2) is 26.9 Å². The molecule has 14 heteroatoms. The number of allylic oxidation sites excluding steroid dienone is 2. The molecule has 0 aromatic heterocycles. The highest BCUT2D eigenvalue weighted by molar-refractivity contribution is 6.58. The van der Waals surface area contributed by atoms with E-state index < -0.39 is 98.2 Å². The highest BCUT2D eigenvalue weighted by Gasteiger charge is 2.77. The van der Waals surface area contributed by atoms with Crippen LogP contribution in [0.3, 0.4) is 0 Å². The van der Waals surface area contributed by atoms with Gasteiger partial charge < -0.3 is 5.11 Å². The summed E-state index contributed by atoms with van der Waals surface area (Å²) in [6, 6.07) is 5.22. The maximum absolute atomic E-state index is 15.0. The van der Waals surface area contributed by atoms with Gasteiger partial charge in [-0.1, -0.05) is 30.7 Å². The molecule has 0 radical (unpaired) electrons. The highest BCUT2D eigenvalue weighted by Crippen LogP contribution is 2.66. The fraction of sp³-hybridized carbons (Fsp3) is 0.379. The van der Waals surface area contributed by atoms with Crippen LogP contribution in [0.2, 0.25) is 0 Å². The molecule has 0 bridgehead atoms. The minimum absolute atomic E-state index is 0.0710. The molecule has 4 aliphatic rings. The van der Waals surface area contributed by atoms with E-state index in [1.54, 1.807) is 13.0 Å². The van der Waals surface area contributed by atoms with Gasteiger partial charge in [-0.3, -0.25) is 24.1 Å². The van der Waals surface area contributed by atoms with Crippen molar-refractivity contribution in [3.63, 3.8) is 0 Å². The summed E-state index contributed by atoms with van der Waals surface area (Å²) in [6.45, 7) is 1.92. The molecule has 2 aliphatic heterocycles. The average molecular weight is 643 g/mol. The molecule has 2 aromatic carbocycles. The van der Waals surface area contributed by atoms with Crippen LogP contribution in [0.15, 0.2) is 35.9 Å². The van der Waals surface area contributed by atoms with Crippen molar-refractivity contribution in [1.29, 1.82) is 0 Å². The van der Waals surface area contributed by atoms with E-state index in [0.29, 0.717) is 12.0 Å². The van der Waals surface area contributed by atoms with Gasteiger partial charge >= 0.3 is 0 Å². The van der Waals surface area contributed by atoms with E-state index in [-0.39, 0.29) is 29.2 Å². The molecule has 4 amide bonds. The van der Waals surface area contributed by atoms with E-state index in [9.17, 15) is 46.2 Å². The Bertz CT molecular complexity index is 1640. The second kappa shape index (κ2) is 9.75. The van der Waals surface area contributed by atoms with Gasteiger partial charge in [-0.15, -0.1) is 23.2 Å². The largest absolute Gasteiger partial charge is 0.508 e. The van der Waals surface area contributed by atoms with Crippen LogP contribution in [0.1, 0.15) is 37.7 Å². The molecule has 2 aliphatic carbocycles. The molecule has 2 heterocycles. The number of rotatable bonds is 4. The van der Waals surface area contributed by atoms with Crippen molar-refractivity contribution in [2.75, 3.05) is 11.4 Å². The number of hydrogen-bond acceptors (Lipinski definition) is 5. The van der Waals surface area contributed by atoms with Crippen LogP contribution in [0.4, 0.5) is 27.6 Å². The number of amides is 4. The Hall–Kier alpha value is -3.51. The topological polar surface area (TPSA) is 95.0 Å². The van der Waals surface area contributed by atoms with Crippen molar-refractivity contribution < 1.29 is 46.2 Å². The molecule has 226 valence electrons. The highest BCUT2D eigenvalue weighted by atomic mass is 35.5. The summed E-state index contributed by atoms with van der Waals surface area (Å²) < 4.78 is 72.3. The summed E-state index contributed by atoms with van der Waals surface area (Å²) in [5, 5.41) is 9.90. The third-order valence-electron chi connectivity index (χ3n) is 8.99. The Morgan fingerprint density at radius 2 is 1.44 bits per heavy atom. The van der Waals surface area contributed by atoms with Gasteiger partial charge in [-0.2, -0.15) is 0 Å². The molecule has 0 spiro atoms. The summed E-state index contributed by atoms with van der Waals surface area (Å²) in [4.78, 5) is 50.6. The van der Waals surface area contributed by atoms with Crippen molar-refractivity contribution in [3.8, 4) is 5.75 Å². The average Bonchev–Trinajstić information content (AvgIpc) is 3.30. The lowest BCUT2D eigenvalue weighted by molar-refractivity contribution is -0.140. The van der Waals surface area contributed by atoms with Gasteiger partial charge in [0.25, 0.3) is 11.8 Å². The molecule has 2 aromatic rings. The lowest BCUT2D eigenvalue weighted by atomic mass is 9.56. The minimum atomic E-state index is -2.59. The van der Waals surface area contributed by atoms with Crippen molar-refractivity contribution in [2.24, 2.45) is 17.8 Å². The fourth-order valence-electron chi connectivity index (χ4n) is 7.12. The number of phenolic OH excluding ortho intramolecular Hbond substituents is 1. The fourth-order valence-corrected chi connectivity index (χ4v) is 8.05. The Morgan fingerprint density at radius 3 is 2.02 bits per heavy atom. The van der Waals surface area contributed by atoms with Crippen LogP contribution in [0.25, 0.3) is 0 Å². The first-order chi connectivity index (χ1) is 20.2. The van der Waals surface area contributed by atoms with Crippen LogP contribution in [0, 0.1) is 46.8 Å². The third-order valence-corrected chi connectivity index (χ3v) is 10.4. The lowest BCUT2D eigenvalue weighted by Gasteiger charge is -2.50. The predicted molar refractivity (Wildman–Crippen MR) is 142 cm³/mol. The van der Waals surface area contributed by atoms with Crippen molar-refractivity contribution in [3.05, 3.63) is 70.6 Å². The summed E-state index contributed by atoms with van der Waals surface area (Å²) >= 11 is 14.0. The molecule has 2 saturated heterocycles. The van der Waals surface area contributed by atoms with E-state index in [4.69, 9.17) is 23.2 Å². The van der Waals surface area contributed by atoms with Crippen molar-refractivity contribution in [2.45, 2.75) is 41.9 Å². The summed E-state index contributed by atoms with van der Waals surface area (Å²) in [5.41, 5.74) is -1.28. The second-order valence-electron chi connectivity index (χ2n) is 11.1. The number of halogens is 7. The number of nitrogens with zero attached hydrogens (tertiary/aromatic N) is 2. The summed E-state index contributed by atoms with van der Waals surface area (Å²) in [5.74, 6) is -20.5. The maximum atomic E-state index is 15.0.